The Morgan fingerprint density at radius 2 is 2.24 bits per heavy atom. The molecule has 3 atom stereocenters. The predicted molar refractivity (Wildman–Crippen MR) is 84.2 cm³/mol. The third-order valence-electron chi connectivity index (χ3n) is 4.97. The van der Waals surface area contributed by atoms with Crippen LogP contribution in [-0.4, -0.2) is 59.2 Å². The van der Waals surface area contributed by atoms with Crippen molar-refractivity contribution in [1.29, 1.82) is 0 Å². The van der Waals surface area contributed by atoms with Gasteiger partial charge in [0.1, 0.15) is 0 Å². The number of fused-ring (bicyclic) bond motifs is 1. The maximum absolute atomic E-state index is 6.01. The molecule has 0 bridgehead atoms. The number of nitrogens with zero attached hydrogens (tertiary/aromatic N) is 3. The summed E-state index contributed by atoms with van der Waals surface area (Å²) in [6.07, 6.45) is 1.58. The smallest absolute Gasteiger partial charge is 0.0870 e. The topological polar surface area (TPSA) is 28.6 Å². The van der Waals surface area contributed by atoms with Crippen LogP contribution in [0, 0.1) is 6.92 Å². The van der Waals surface area contributed by atoms with E-state index >= 15 is 0 Å². The van der Waals surface area contributed by atoms with E-state index in [1.54, 1.807) is 0 Å². The number of morpholine rings is 1. The number of rotatable bonds is 4. The SMILES string of the molecule is CC[C@@H](C)N1C[C@@H]2OCCN(Cc3cccc(C)n3)[C@@H]2C1. The molecule has 0 saturated carbocycles. The Hall–Kier alpha value is -0.970. The molecule has 21 heavy (non-hydrogen) atoms. The van der Waals surface area contributed by atoms with Gasteiger partial charge in [0.25, 0.3) is 0 Å². The summed E-state index contributed by atoms with van der Waals surface area (Å²) >= 11 is 0. The summed E-state index contributed by atoms with van der Waals surface area (Å²) in [4.78, 5) is 9.80. The molecule has 2 aliphatic rings. The van der Waals surface area contributed by atoms with Crippen molar-refractivity contribution in [3.05, 3.63) is 29.6 Å². The molecule has 0 N–H and O–H groups in total. The number of hydrogen-bond donors (Lipinski definition) is 0. The fourth-order valence-corrected chi connectivity index (χ4v) is 3.50. The van der Waals surface area contributed by atoms with Crippen molar-refractivity contribution in [3.8, 4) is 0 Å². The number of pyridine rings is 1. The summed E-state index contributed by atoms with van der Waals surface area (Å²) < 4.78 is 6.01. The number of ether oxygens (including phenoxy) is 1. The Labute approximate surface area is 128 Å². The van der Waals surface area contributed by atoms with Gasteiger partial charge in [0.15, 0.2) is 0 Å². The zero-order valence-corrected chi connectivity index (χ0v) is 13.5. The summed E-state index contributed by atoms with van der Waals surface area (Å²) in [6, 6.07) is 7.48. The number of hydrogen-bond acceptors (Lipinski definition) is 4. The van der Waals surface area contributed by atoms with E-state index in [9.17, 15) is 0 Å². The highest BCUT2D eigenvalue weighted by Gasteiger charge is 2.41. The van der Waals surface area contributed by atoms with Crippen LogP contribution in [0.5, 0.6) is 0 Å². The summed E-state index contributed by atoms with van der Waals surface area (Å²) in [5.41, 5.74) is 2.28. The first-order chi connectivity index (χ1) is 10.2. The van der Waals surface area contributed by atoms with E-state index in [2.05, 4.69) is 53.8 Å². The van der Waals surface area contributed by atoms with E-state index in [-0.39, 0.29) is 0 Å². The third kappa shape index (κ3) is 3.28. The molecule has 0 aliphatic carbocycles. The molecule has 0 radical (unpaired) electrons. The molecule has 1 aromatic rings. The maximum Gasteiger partial charge on any atom is 0.0870 e. The van der Waals surface area contributed by atoms with Crippen LogP contribution < -0.4 is 0 Å². The van der Waals surface area contributed by atoms with Gasteiger partial charge in [0.2, 0.25) is 0 Å². The van der Waals surface area contributed by atoms with E-state index in [1.165, 1.54) is 12.1 Å². The minimum atomic E-state index is 0.373. The zero-order valence-electron chi connectivity index (χ0n) is 13.5. The van der Waals surface area contributed by atoms with Gasteiger partial charge in [-0.05, 0) is 32.4 Å². The van der Waals surface area contributed by atoms with E-state index < -0.39 is 0 Å². The first kappa shape index (κ1) is 14.9. The van der Waals surface area contributed by atoms with Gasteiger partial charge >= 0.3 is 0 Å². The van der Waals surface area contributed by atoms with Crippen LogP contribution in [0.2, 0.25) is 0 Å². The lowest BCUT2D eigenvalue weighted by molar-refractivity contribution is -0.0509. The molecular formula is C17H27N3O. The van der Waals surface area contributed by atoms with Crippen molar-refractivity contribution in [2.24, 2.45) is 0 Å². The second kappa shape index (κ2) is 6.42. The van der Waals surface area contributed by atoms with Gasteiger partial charge in [-0.1, -0.05) is 13.0 Å². The maximum atomic E-state index is 6.01. The van der Waals surface area contributed by atoms with Crippen molar-refractivity contribution < 1.29 is 4.74 Å². The molecule has 0 amide bonds. The Morgan fingerprint density at radius 3 is 3.00 bits per heavy atom. The monoisotopic (exact) mass is 289 g/mol. The largest absolute Gasteiger partial charge is 0.374 e. The van der Waals surface area contributed by atoms with Crippen LogP contribution in [-0.2, 0) is 11.3 Å². The molecule has 0 spiro atoms. The molecule has 3 rings (SSSR count). The first-order valence-electron chi connectivity index (χ1n) is 8.19. The number of likely N-dealkylation sites (tertiary alicyclic amines) is 1. The summed E-state index contributed by atoms with van der Waals surface area (Å²) in [6.45, 7) is 11.7. The molecule has 2 saturated heterocycles. The van der Waals surface area contributed by atoms with E-state index in [1.807, 2.05) is 0 Å². The van der Waals surface area contributed by atoms with Gasteiger partial charge in [-0.25, -0.2) is 0 Å². The minimum absolute atomic E-state index is 0.373. The molecule has 1 aromatic heterocycles. The van der Waals surface area contributed by atoms with E-state index in [0.29, 0.717) is 18.2 Å². The lowest BCUT2D eigenvalue weighted by atomic mass is 10.1. The van der Waals surface area contributed by atoms with Gasteiger partial charge in [-0.15, -0.1) is 0 Å². The summed E-state index contributed by atoms with van der Waals surface area (Å²) in [7, 11) is 0. The third-order valence-corrected chi connectivity index (χ3v) is 4.97. The summed E-state index contributed by atoms with van der Waals surface area (Å²) in [5, 5.41) is 0. The molecule has 2 fully saturated rings. The first-order valence-corrected chi connectivity index (χ1v) is 8.19. The standard InChI is InChI=1S/C17H27N3O/c1-4-14(3)20-11-16-17(12-20)21-9-8-19(16)10-15-7-5-6-13(2)18-15/h5-7,14,16-17H,4,8-12H2,1-3H3/t14-,16-,17+/m1/s1. The highest BCUT2D eigenvalue weighted by Crippen LogP contribution is 2.26. The van der Waals surface area contributed by atoms with Crippen molar-refractivity contribution >= 4 is 0 Å². The van der Waals surface area contributed by atoms with Gasteiger partial charge in [-0.3, -0.25) is 14.8 Å². The van der Waals surface area contributed by atoms with E-state index in [4.69, 9.17) is 4.74 Å². The average Bonchev–Trinajstić information content (AvgIpc) is 2.92. The minimum Gasteiger partial charge on any atom is -0.374 e. The van der Waals surface area contributed by atoms with Gasteiger partial charge in [0.05, 0.1) is 24.4 Å². The average molecular weight is 289 g/mol. The Balaban J connectivity index is 1.68. The molecule has 4 nitrogen and oxygen atoms in total. The van der Waals surface area contributed by atoms with Gasteiger partial charge in [-0.2, -0.15) is 0 Å². The van der Waals surface area contributed by atoms with Crippen LogP contribution in [0.15, 0.2) is 18.2 Å². The van der Waals surface area contributed by atoms with Crippen LogP contribution >= 0.6 is 0 Å². The summed E-state index contributed by atoms with van der Waals surface area (Å²) in [5.74, 6) is 0. The van der Waals surface area contributed by atoms with Crippen molar-refractivity contribution in [2.45, 2.75) is 51.9 Å². The second-order valence-electron chi connectivity index (χ2n) is 6.43. The highest BCUT2D eigenvalue weighted by atomic mass is 16.5. The Bertz CT molecular complexity index is 479. The zero-order chi connectivity index (χ0) is 14.8. The second-order valence-corrected chi connectivity index (χ2v) is 6.43. The lowest BCUT2D eigenvalue weighted by Gasteiger charge is -2.36. The van der Waals surface area contributed by atoms with Gasteiger partial charge < -0.3 is 4.74 Å². The molecule has 0 unspecified atom stereocenters. The molecule has 2 aliphatic heterocycles. The normalized spacial score (nSPS) is 28.5. The fraction of sp³-hybridized carbons (Fsp3) is 0.706. The van der Waals surface area contributed by atoms with E-state index in [0.717, 1.165) is 38.5 Å². The van der Waals surface area contributed by atoms with Crippen LogP contribution in [0.1, 0.15) is 31.7 Å². The fourth-order valence-electron chi connectivity index (χ4n) is 3.50. The van der Waals surface area contributed by atoms with Gasteiger partial charge in [0, 0.05) is 37.9 Å². The quantitative estimate of drug-likeness (QED) is 0.848. The molecular weight excluding hydrogens is 262 g/mol. The van der Waals surface area contributed by atoms with Crippen LogP contribution in [0.25, 0.3) is 0 Å². The van der Waals surface area contributed by atoms with Crippen LogP contribution in [0.3, 0.4) is 0 Å². The van der Waals surface area contributed by atoms with Crippen molar-refractivity contribution in [1.82, 2.24) is 14.8 Å². The Kier molecular flexibility index (Phi) is 4.57. The molecule has 4 heteroatoms. The predicted octanol–water partition coefficient (Wildman–Crippen LogP) is 2.07. The van der Waals surface area contributed by atoms with Crippen LogP contribution in [0.4, 0.5) is 0 Å². The number of aromatic nitrogens is 1. The lowest BCUT2D eigenvalue weighted by Crippen LogP contribution is -2.50. The molecule has 3 heterocycles. The molecule has 0 aromatic carbocycles. The highest BCUT2D eigenvalue weighted by molar-refractivity contribution is 5.10. The number of aryl methyl sites for hydroxylation is 1. The Morgan fingerprint density at radius 1 is 1.38 bits per heavy atom. The molecule has 116 valence electrons. The van der Waals surface area contributed by atoms with Crippen molar-refractivity contribution in [2.75, 3.05) is 26.2 Å². The van der Waals surface area contributed by atoms with Crippen molar-refractivity contribution in [3.63, 3.8) is 0 Å².